The maximum absolute atomic E-state index is 12.9. The highest BCUT2D eigenvalue weighted by molar-refractivity contribution is 6.05. The van der Waals surface area contributed by atoms with Gasteiger partial charge in [0.05, 0.1) is 18.7 Å². The second kappa shape index (κ2) is 6.33. The SMILES string of the molecule is CC(C)c1nnc(C2CN(C(=O)c3coc4ccccc34)CCO2)o1. The third-order valence-electron chi connectivity index (χ3n) is 4.29. The molecule has 1 aromatic carbocycles. The summed E-state index contributed by atoms with van der Waals surface area (Å²) in [5.41, 5.74) is 1.26. The largest absolute Gasteiger partial charge is 0.463 e. The molecule has 1 amide bonds. The lowest BCUT2D eigenvalue weighted by atomic mass is 10.1. The van der Waals surface area contributed by atoms with Crippen molar-refractivity contribution in [1.29, 1.82) is 0 Å². The highest BCUT2D eigenvalue weighted by atomic mass is 16.5. The van der Waals surface area contributed by atoms with Gasteiger partial charge in [-0.25, -0.2) is 0 Å². The highest BCUT2D eigenvalue weighted by Crippen LogP contribution is 2.27. The number of furan rings is 1. The molecule has 1 aliphatic heterocycles. The van der Waals surface area contributed by atoms with Gasteiger partial charge in [-0.2, -0.15) is 0 Å². The van der Waals surface area contributed by atoms with Crippen molar-refractivity contribution in [1.82, 2.24) is 15.1 Å². The van der Waals surface area contributed by atoms with Crippen molar-refractivity contribution in [3.63, 3.8) is 0 Å². The van der Waals surface area contributed by atoms with Crippen molar-refractivity contribution in [2.45, 2.75) is 25.9 Å². The van der Waals surface area contributed by atoms with Gasteiger partial charge in [-0.15, -0.1) is 10.2 Å². The van der Waals surface area contributed by atoms with Crippen molar-refractivity contribution >= 4 is 16.9 Å². The summed E-state index contributed by atoms with van der Waals surface area (Å²) in [6.07, 6.45) is 1.11. The third-order valence-corrected chi connectivity index (χ3v) is 4.29. The number of ether oxygens (including phenoxy) is 1. The van der Waals surface area contributed by atoms with E-state index in [0.717, 1.165) is 5.39 Å². The summed E-state index contributed by atoms with van der Waals surface area (Å²) in [4.78, 5) is 14.6. The zero-order chi connectivity index (χ0) is 17.4. The van der Waals surface area contributed by atoms with E-state index >= 15 is 0 Å². The number of fused-ring (bicyclic) bond motifs is 1. The van der Waals surface area contributed by atoms with Crippen molar-refractivity contribution in [2.75, 3.05) is 19.7 Å². The van der Waals surface area contributed by atoms with Gasteiger partial charge >= 0.3 is 0 Å². The van der Waals surface area contributed by atoms with Crippen LogP contribution in [0.25, 0.3) is 11.0 Å². The fourth-order valence-corrected chi connectivity index (χ4v) is 2.91. The maximum Gasteiger partial charge on any atom is 0.257 e. The van der Waals surface area contributed by atoms with Gasteiger partial charge in [0, 0.05) is 17.8 Å². The molecule has 7 nitrogen and oxygen atoms in total. The number of hydrogen-bond donors (Lipinski definition) is 0. The summed E-state index contributed by atoms with van der Waals surface area (Å²) >= 11 is 0. The Morgan fingerprint density at radius 2 is 2.12 bits per heavy atom. The molecule has 7 heteroatoms. The van der Waals surface area contributed by atoms with E-state index < -0.39 is 6.10 Å². The van der Waals surface area contributed by atoms with Gasteiger partial charge in [0.2, 0.25) is 11.8 Å². The van der Waals surface area contributed by atoms with Gasteiger partial charge in [0.25, 0.3) is 5.91 Å². The summed E-state index contributed by atoms with van der Waals surface area (Å²) < 4.78 is 16.9. The van der Waals surface area contributed by atoms with Crippen LogP contribution in [0.2, 0.25) is 0 Å². The van der Waals surface area contributed by atoms with E-state index in [-0.39, 0.29) is 11.8 Å². The standard InChI is InChI=1S/C18H19N3O4/c1-11(2)16-19-20-17(25-16)15-9-21(7-8-23-15)18(22)13-10-24-14-6-4-3-5-12(13)14/h3-6,10-11,15H,7-9H2,1-2H3. The minimum atomic E-state index is -0.407. The molecule has 1 unspecified atom stereocenters. The lowest BCUT2D eigenvalue weighted by molar-refractivity contribution is -0.0350. The molecule has 0 aliphatic carbocycles. The average molecular weight is 341 g/mol. The molecule has 2 aromatic heterocycles. The molecular formula is C18H19N3O4. The minimum absolute atomic E-state index is 0.0816. The smallest absolute Gasteiger partial charge is 0.257 e. The lowest BCUT2D eigenvalue weighted by Gasteiger charge is -2.31. The zero-order valence-electron chi connectivity index (χ0n) is 14.1. The van der Waals surface area contributed by atoms with Crippen LogP contribution in [0.1, 0.15) is 48.0 Å². The number of carbonyl (C=O) groups is 1. The molecule has 25 heavy (non-hydrogen) atoms. The first-order valence-corrected chi connectivity index (χ1v) is 8.34. The molecule has 0 spiro atoms. The Labute approximate surface area is 144 Å². The Morgan fingerprint density at radius 3 is 2.92 bits per heavy atom. The van der Waals surface area contributed by atoms with E-state index in [2.05, 4.69) is 10.2 Å². The maximum atomic E-state index is 12.9. The predicted molar refractivity (Wildman–Crippen MR) is 89.2 cm³/mol. The van der Waals surface area contributed by atoms with Crippen molar-refractivity contribution in [2.24, 2.45) is 0 Å². The minimum Gasteiger partial charge on any atom is -0.463 e. The molecule has 4 rings (SSSR count). The van der Waals surface area contributed by atoms with Crippen LogP contribution in [0.15, 0.2) is 39.4 Å². The first kappa shape index (κ1) is 15.8. The Bertz CT molecular complexity index is 899. The number of rotatable bonds is 3. The summed E-state index contributed by atoms with van der Waals surface area (Å²) in [7, 11) is 0. The number of aromatic nitrogens is 2. The van der Waals surface area contributed by atoms with Crippen molar-refractivity contribution in [3.8, 4) is 0 Å². The van der Waals surface area contributed by atoms with Crippen LogP contribution in [-0.2, 0) is 4.74 Å². The van der Waals surface area contributed by atoms with Gasteiger partial charge in [0.15, 0.2) is 6.10 Å². The molecule has 0 radical (unpaired) electrons. The number of para-hydroxylation sites is 1. The quantitative estimate of drug-likeness (QED) is 0.728. The third kappa shape index (κ3) is 2.91. The summed E-state index contributed by atoms with van der Waals surface area (Å²) in [6.45, 7) is 5.28. The van der Waals surface area contributed by atoms with Crippen LogP contribution < -0.4 is 0 Å². The van der Waals surface area contributed by atoms with Gasteiger partial charge in [-0.1, -0.05) is 32.0 Å². The second-order valence-corrected chi connectivity index (χ2v) is 6.39. The number of amides is 1. The lowest BCUT2D eigenvalue weighted by Crippen LogP contribution is -2.42. The fraction of sp³-hybridized carbons (Fsp3) is 0.389. The molecule has 0 bridgehead atoms. The number of benzene rings is 1. The molecule has 3 aromatic rings. The molecule has 3 heterocycles. The molecule has 1 atom stereocenters. The first-order valence-electron chi connectivity index (χ1n) is 8.34. The number of morpholine rings is 1. The van der Waals surface area contributed by atoms with Crippen LogP contribution in [0.5, 0.6) is 0 Å². The molecule has 130 valence electrons. The monoisotopic (exact) mass is 341 g/mol. The van der Waals surface area contributed by atoms with E-state index in [1.165, 1.54) is 6.26 Å². The van der Waals surface area contributed by atoms with Gasteiger partial charge in [0.1, 0.15) is 11.8 Å². The molecule has 1 fully saturated rings. The van der Waals surface area contributed by atoms with Gasteiger partial charge in [-0.05, 0) is 6.07 Å². The van der Waals surface area contributed by atoms with Gasteiger partial charge < -0.3 is 18.5 Å². The van der Waals surface area contributed by atoms with E-state index in [1.54, 1.807) is 4.90 Å². The Balaban J connectivity index is 1.55. The number of carbonyl (C=O) groups excluding carboxylic acids is 1. The van der Waals surface area contributed by atoms with E-state index in [0.29, 0.717) is 42.6 Å². The zero-order valence-corrected chi connectivity index (χ0v) is 14.1. The molecule has 1 aliphatic rings. The number of nitrogens with zero attached hydrogens (tertiary/aromatic N) is 3. The van der Waals surface area contributed by atoms with Crippen LogP contribution in [0.3, 0.4) is 0 Å². The predicted octanol–water partition coefficient (Wildman–Crippen LogP) is 3.15. The van der Waals surface area contributed by atoms with Crippen molar-refractivity contribution in [3.05, 3.63) is 47.9 Å². The summed E-state index contributed by atoms with van der Waals surface area (Å²) in [6, 6.07) is 7.51. The molecule has 1 saturated heterocycles. The first-order chi connectivity index (χ1) is 12.1. The normalized spacial score (nSPS) is 18.2. The van der Waals surface area contributed by atoms with Crippen LogP contribution in [0.4, 0.5) is 0 Å². The molecule has 0 N–H and O–H groups in total. The highest BCUT2D eigenvalue weighted by Gasteiger charge is 2.31. The topological polar surface area (TPSA) is 81.6 Å². The Hall–Kier alpha value is -2.67. The second-order valence-electron chi connectivity index (χ2n) is 6.39. The van der Waals surface area contributed by atoms with Crippen LogP contribution in [-0.4, -0.2) is 40.7 Å². The fourth-order valence-electron chi connectivity index (χ4n) is 2.91. The van der Waals surface area contributed by atoms with E-state index in [9.17, 15) is 4.79 Å². The summed E-state index contributed by atoms with van der Waals surface area (Å²) in [5.74, 6) is 1.06. The van der Waals surface area contributed by atoms with E-state index in [1.807, 2.05) is 38.1 Å². The summed E-state index contributed by atoms with van der Waals surface area (Å²) in [5, 5.41) is 8.92. The Kier molecular flexibility index (Phi) is 4.01. The number of hydrogen-bond acceptors (Lipinski definition) is 6. The van der Waals surface area contributed by atoms with Crippen molar-refractivity contribution < 1.29 is 18.4 Å². The van der Waals surface area contributed by atoms with Gasteiger partial charge in [-0.3, -0.25) is 4.79 Å². The molecular weight excluding hydrogens is 322 g/mol. The van der Waals surface area contributed by atoms with Crippen LogP contribution in [0, 0.1) is 0 Å². The Morgan fingerprint density at radius 1 is 1.28 bits per heavy atom. The van der Waals surface area contributed by atoms with E-state index in [4.69, 9.17) is 13.6 Å². The average Bonchev–Trinajstić information content (AvgIpc) is 3.28. The van der Waals surface area contributed by atoms with Crippen LogP contribution >= 0.6 is 0 Å². The molecule has 0 saturated carbocycles.